The Balaban J connectivity index is 1.49. The van der Waals surface area contributed by atoms with Crippen LogP contribution < -0.4 is 16.0 Å². The molecule has 1 atom stereocenters. The smallest absolute Gasteiger partial charge is 0.315 e. The summed E-state index contributed by atoms with van der Waals surface area (Å²) in [6.45, 7) is 0.0632. The number of amides is 3. The van der Waals surface area contributed by atoms with E-state index in [1.165, 1.54) is 24.3 Å². The Labute approximate surface area is 168 Å². The molecule has 0 saturated heterocycles. The molecule has 1 aliphatic carbocycles. The van der Waals surface area contributed by atoms with Crippen LogP contribution in [0.25, 0.3) is 0 Å². The van der Waals surface area contributed by atoms with Crippen molar-refractivity contribution in [2.45, 2.75) is 38.3 Å². The van der Waals surface area contributed by atoms with Crippen molar-refractivity contribution in [3.05, 3.63) is 71.3 Å². The number of benzene rings is 2. The van der Waals surface area contributed by atoms with Gasteiger partial charge in [-0.15, -0.1) is 0 Å². The van der Waals surface area contributed by atoms with Crippen LogP contribution in [0.4, 0.5) is 13.6 Å². The monoisotopic (exact) mass is 401 g/mol. The van der Waals surface area contributed by atoms with Crippen molar-refractivity contribution in [1.29, 1.82) is 0 Å². The summed E-state index contributed by atoms with van der Waals surface area (Å²) >= 11 is 0. The topological polar surface area (TPSA) is 70.2 Å². The van der Waals surface area contributed by atoms with Crippen molar-refractivity contribution >= 4 is 11.9 Å². The summed E-state index contributed by atoms with van der Waals surface area (Å²) in [5, 5.41) is 8.13. The summed E-state index contributed by atoms with van der Waals surface area (Å²) in [4.78, 5) is 24.3. The fourth-order valence-corrected chi connectivity index (χ4v) is 3.67. The summed E-state index contributed by atoms with van der Waals surface area (Å²) in [7, 11) is 0. The number of carbonyl (C=O) groups is 2. The number of urea groups is 1. The lowest BCUT2D eigenvalue weighted by Gasteiger charge is -2.25. The predicted octanol–water partition coefficient (Wildman–Crippen LogP) is 3.81. The quantitative estimate of drug-likeness (QED) is 0.660. The second-order valence-electron chi connectivity index (χ2n) is 7.30. The fraction of sp³-hybridized carbons (Fsp3) is 0.364. The van der Waals surface area contributed by atoms with Crippen molar-refractivity contribution < 1.29 is 18.4 Å². The normalized spacial score (nSPS) is 15.0. The van der Waals surface area contributed by atoms with Crippen LogP contribution in [0.2, 0.25) is 0 Å². The Bertz CT molecular complexity index is 819. The highest BCUT2D eigenvalue weighted by Gasteiger charge is 2.27. The van der Waals surface area contributed by atoms with Crippen molar-refractivity contribution in [2.24, 2.45) is 5.92 Å². The van der Waals surface area contributed by atoms with E-state index in [9.17, 15) is 18.4 Å². The minimum absolute atomic E-state index is 0.167. The van der Waals surface area contributed by atoms with Crippen LogP contribution in [0.1, 0.15) is 42.9 Å². The minimum atomic E-state index is -0.483. The van der Waals surface area contributed by atoms with Crippen molar-refractivity contribution in [1.82, 2.24) is 16.0 Å². The first-order chi connectivity index (χ1) is 14.0. The van der Waals surface area contributed by atoms with Gasteiger partial charge in [-0.25, -0.2) is 13.6 Å². The lowest BCUT2D eigenvalue weighted by atomic mass is 9.91. The molecule has 1 saturated carbocycles. The molecule has 3 N–H and O–H groups in total. The molecule has 3 rings (SSSR count). The summed E-state index contributed by atoms with van der Waals surface area (Å²) in [6, 6.07) is 11.3. The Morgan fingerprint density at radius 1 is 0.897 bits per heavy atom. The molecule has 154 valence electrons. The highest BCUT2D eigenvalue weighted by Crippen LogP contribution is 2.35. The molecule has 29 heavy (non-hydrogen) atoms. The molecule has 0 aromatic heterocycles. The predicted molar refractivity (Wildman–Crippen MR) is 106 cm³/mol. The van der Waals surface area contributed by atoms with Gasteiger partial charge in [0.2, 0.25) is 5.91 Å². The standard InChI is InChI=1S/C22H25F2N3O2/c23-18-9-5-15(6-10-18)13-25-22(29)26-14-20(28)27-21(16-3-1-2-4-16)17-7-11-19(24)12-8-17/h5-12,16,21H,1-4,13-14H2,(H,27,28)(H2,25,26,29). The maximum Gasteiger partial charge on any atom is 0.315 e. The van der Waals surface area contributed by atoms with Gasteiger partial charge in [0.1, 0.15) is 11.6 Å². The van der Waals surface area contributed by atoms with Gasteiger partial charge in [0, 0.05) is 6.54 Å². The van der Waals surface area contributed by atoms with Gasteiger partial charge >= 0.3 is 6.03 Å². The lowest BCUT2D eigenvalue weighted by molar-refractivity contribution is -0.121. The van der Waals surface area contributed by atoms with Crippen LogP contribution in [-0.4, -0.2) is 18.5 Å². The number of nitrogens with one attached hydrogen (secondary N) is 3. The maximum absolute atomic E-state index is 13.3. The van der Waals surface area contributed by atoms with Crippen LogP contribution in [0.3, 0.4) is 0 Å². The molecule has 3 amide bonds. The van der Waals surface area contributed by atoms with E-state index in [0.29, 0.717) is 5.92 Å². The van der Waals surface area contributed by atoms with Crippen LogP contribution in [0, 0.1) is 17.6 Å². The van der Waals surface area contributed by atoms with E-state index in [4.69, 9.17) is 0 Å². The number of carbonyl (C=O) groups excluding carboxylic acids is 2. The van der Waals surface area contributed by atoms with Crippen LogP contribution >= 0.6 is 0 Å². The Morgan fingerprint density at radius 2 is 1.48 bits per heavy atom. The van der Waals surface area contributed by atoms with Crippen molar-refractivity contribution in [2.75, 3.05) is 6.54 Å². The zero-order valence-corrected chi connectivity index (χ0v) is 16.1. The SMILES string of the molecule is O=C(CNC(=O)NCc1ccc(F)cc1)NC(c1ccc(F)cc1)C1CCCC1. The van der Waals surface area contributed by atoms with Gasteiger partial charge in [0.05, 0.1) is 12.6 Å². The van der Waals surface area contributed by atoms with E-state index in [-0.39, 0.29) is 36.7 Å². The van der Waals surface area contributed by atoms with E-state index in [2.05, 4.69) is 16.0 Å². The second-order valence-corrected chi connectivity index (χ2v) is 7.30. The molecule has 0 heterocycles. The Kier molecular flexibility index (Phi) is 7.16. The third kappa shape index (κ3) is 6.27. The first-order valence-corrected chi connectivity index (χ1v) is 9.82. The van der Waals surface area contributed by atoms with Gasteiger partial charge in [-0.3, -0.25) is 4.79 Å². The fourth-order valence-electron chi connectivity index (χ4n) is 3.67. The molecule has 7 heteroatoms. The summed E-state index contributed by atoms with van der Waals surface area (Å²) in [5.74, 6) is -0.655. The van der Waals surface area contributed by atoms with Crippen LogP contribution in [0.5, 0.6) is 0 Å². The first-order valence-electron chi connectivity index (χ1n) is 9.82. The number of rotatable bonds is 7. The van der Waals surface area contributed by atoms with Gasteiger partial charge < -0.3 is 16.0 Å². The Morgan fingerprint density at radius 3 is 2.10 bits per heavy atom. The number of hydrogen-bond donors (Lipinski definition) is 3. The zero-order chi connectivity index (χ0) is 20.6. The zero-order valence-electron chi connectivity index (χ0n) is 16.1. The van der Waals surface area contributed by atoms with Crippen LogP contribution in [-0.2, 0) is 11.3 Å². The molecule has 1 fully saturated rings. The van der Waals surface area contributed by atoms with E-state index in [0.717, 1.165) is 36.8 Å². The lowest BCUT2D eigenvalue weighted by Crippen LogP contribution is -2.43. The third-order valence-electron chi connectivity index (χ3n) is 5.19. The summed E-state index contributed by atoms with van der Waals surface area (Å²) in [6.07, 6.45) is 4.24. The molecule has 0 aliphatic heterocycles. The molecule has 2 aromatic rings. The molecule has 1 aliphatic rings. The van der Waals surface area contributed by atoms with Gasteiger partial charge in [0.15, 0.2) is 0 Å². The molecule has 1 unspecified atom stereocenters. The third-order valence-corrected chi connectivity index (χ3v) is 5.19. The molecule has 0 bridgehead atoms. The molecule has 5 nitrogen and oxygen atoms in total. The van der Waals surface area contributed by atoms with Gasteiger partial charge in [-0.1, -0.05) is 37.1 Å². The van der Waals surface area contributed by atoms with E-state index >= 15 is 0 Å². The van der Waals surface area contributed by atoms with Gasteiger partial charge in [-0.2, -0.15) is 0 Å². The van der Waals surface area contributed by atoms with E-state index in [1.54, 1.807) is 24.3 Å². The van der Waals surface area contributed by atoms with Crippen LogP contribution in [0.15, 0.2) is 48.5 Å². The Hall–Kier alpha value is -2.96. The highest BCUT2D eigenvalue weighted by molar-refractivity contribution is 5.84. The first kappa shape index (κ1) is 20.8. The molecule has 0 radical (unpaired) electrons. The average Bonchev–Trinajstić information content (AvgIpc) is 3.25. The number of hydrogen-bond acceptors (Lipinski definition) is 2. The largest absolute Gasteiger partial charge is 0.347 e. The minimum Gasteiger partial charge on any atom is -0.347 e. The van der Waals surface area contributed by atoms with Crippen molar-refractivity contribution in [3.8, 4) is 0 Å². The average molecular weight is 401 g/mol. The molecule has 0 spiro atoms. The van der Waals surface area contributed by atoms with E-state index in [1.807, 2.05) is 0 Å². The molecule has 2 aromatic carbocycles. The van der Waals surface area contributed by atoms with Gasteiger partial charge in [0.25, 0.3) is 0 Å². The number of halogens is 2. The second kappa shape index (κ2) is 10.0. The molecular formula is C22H25F2N3O2. The van der Waals surface area contributed by atoms with E-state index < -0.39 is 6.03 Å². The summed E-state index contributed by atoms with van der Waals surface area (Å²) < 4.78 is 26.1. The maximum atomic E-state index is 13.3. The summed E-state index contributed by atoms with van der Waals surface area (Å²) in [5.41, 5.74) is 1.62. The van der Waals surface area contributed by atoms with Gasteiger partial charge in [-0.05, 0) is 54.2 Å². The molecular weight excluding hydrogens is 376 g/mol. The van der Waals surface area contributed by atoms with Crippen molar-refractivity contribution in [3.63, 3.8) is 0 Å². The highest BCUT2D eigenvalue weighted by atomic mass is 19.1.